The first-order chi connectivity index (χ1) is 0. The molecule has 0 unspecified atom stereocenters. The van der Waals surface area contributed by atoms with Crippen molar-refractivity contribution in [1.82, 2.24) is 0 Å². The van der Waals surface area contributed by atoms with E-state index in [0.717, 1.165) is 0 Å². The molecule has 0 fully saturated rings. The fraction of sp³-hybridized carbons (Fsp3) is 0. The van der Waals surface area contributed by atoms with Gasteiger partial charge in [0.2, 0.25) is 0 Å². The van der Waals surface area contributed by atoms with E-state index in [9.17, 15) is 0 Å². The Kier molecular flexibility index (Phi) is 9900. The quantitative estimate of drug-likeness (QED) is 0.212. The Bertz CT molecular complexity index is 72.8. The van der Waals surface area contributed by atoms with Crippen LogP contribution in [0.2, 0.25) is 0 Å². The van der Waals surface area contributed by atoms with Gasteiger partial charge in [-0.2, -0.15) is 0 Å². The van der Waals surface area contributed by atoms with Crippen molar-refractivity contribution in [2.24, 2.45) is 0 Å². The molecule has 0 aromatic heterocycles. The molecule has 0 N–H and O–H groups in total. The van der Waals surface area contributed by atoms with Crippen LogP contribution in [0.5, 0.6) is 0 Å². The zero-order valence-electron chi connectivity index (χ0n) is 47.5. The normalized spacial score (nSPS) is 0. The molecule has 75 heteroatoms. The number of halogens is 45. The second-order valence-corrected chi connectivity index (χ2v) is 0. The molecule has 0 saturated carbocycles. The van der Waals surface area contributed by atoms with E-state index in [1.807, 2.05) is 0 Å². The Labute approximate surface area is 1400 Å². The maximum atomic E-state index is 0. The Hall–Kier alpha value is 43.0. The molecule has 360 valence electrons. The summed E-state index contributed by atoms with van der Waals surface area (Å²) in [5, 5.41) is 0. The first-order valence-corrected chi connectivity index (χ1v) is 0. The standard InChI is InChI=1S/45ClH.30Na/h45*1H;;;;;;;;;;;;;;;;;;;;;;;;;;;;;;/q;;;;;;;;;;;;;;;;;;;;;;;;;;;;;;;;;;;;;;;;;;;;;30*+1/p-30. The third-order valence-electron chi connectivity index (χ3n) is 0. The first-order valence-electron chi connectivity index (χ1n) is 0. The molecule has 0 aliphatic carbocycles. The van der Waals surface area contributed by atoms with Crippen molar-refractivity contribution in [1.29, 1.82) is 0 Å². The van der Waals surface area contributed by atoms with Crippen LogP contribution < -0.4 is 1260 Å². The van der Waals surface area contributed by atoms with E-state index < -0.39 is 0 Å². The van der Waals surface area contributed by atoms with Gasteiger partial charge in [-0.3, -0.25) is 0 Å². The van der Waals surface area contributed by atoms with Crippen molar-refractivity contribution < 1.29 is 1260 Å². The summed E-state index contributed by atoms with van der Waals surface area (Å²) in [5.41, 5.74) is 0. The zero-order valence-corrected chi connectivity index (χ0v) is 142. The van der Waals surface area contributed by atoms with Crippen molar-refractivity contribution >= 4 is 186 Å². The van der Waals surface area contributed by atoms with E-state index in [-0.39, 0.29) is 1450 Å². The van der Waals surface area contributed by atoms with E-state index in [1.54, 1.807) is 0 Å². The van der Waals surface area contributed by atoms with Gasteiger partial charge in [-0.1, -0.05) is 0 Å². The van der Waals surface area contributed by atoms with E-state index >= 15 is 0 Å². The Morgan fingerprint density at radius 2 is 0.0400 bits per heavy atom. The van der Waals surface area contributed by atoms with Crippen LogP contribution in [0, 0.1) is 0 Å². The van der Waals surface area contributed by atoms with Gasteiger partial charge in [-0.15, -0.1) is 186 Å². The largest absolute Gasteiger partial charge is 1.00 e. The van der Waals surface area contributed by atoms with Crippen LogP contribution >= 0.6 is 186 Å². The molecule has 75 heavy (non-hydrogen) atoms. The van der Waals surface area contributed by atoms with Crippen LogP contribution in [0.3, 0.4) is 0 Å². The topological polar surface area (TPSA) is 0 Å². The SMILES string of the molecule is Cl.Cl.Cl.Cl.Cl.Cl.Cl.Cl.Cl.Cl.Cl.Cl.Cl.Cl.Cl.[Cl-].[Cl-].[Cl-].[Cl-].[Cl-].[Cl-].[Cl-].[Cl-].[Cl-].[Cl-].[Cl-].[Cl-].[Cl-].[Cl-].[Cl-].[Cl-].[Cl-].[Cl-].[Cl-].[Cl-].[Cl-].[Cl-].[Cl-].[Cl-].[Cl-].[Cl-].[Cl-].[Cl-].[Cl-].[Cl-].[Na+].[Na+].[Na+].[Na+].[Na+].[Na+].[Na+].[Na+].[Na+].[Na+].[Na+].[Na+].[Na+].[Na+].[Na+].[Na+].[Na+].[Na+].[Na+].[Na+].[Na+].[Na+].[Na+].[Na+].[Na+].[Na+].[Na+].[Na+].[Na+].[Na+]. The molecule has 0 amide bonds. The predicted octanol–water partition coefficient (Wildman–Crippen LogP) is -173. The summed E-state index contributed by atoms with van der Waals surface area (Å²) in [6, 6.07) is 0. The Morgan fingerprint density at radius 1 is 0.0400 bits per heavy atom. The minimum atomic E-state index is 0. The molecule has 0 radical (unpaired) electrons. The van der Waals surface area contributed by atoms with Crippen molar-refractivity contribution in [2.75, 3.05) is 0 Å². The van der Waals surface area contributed by atoms with Gasteiger partial charge in [0.25, 0.3) is 0 Å². The fourth-order valence-corrected chi connectivity index (χ4v) is 0. The molecule has 0 aliphatic rings. The van der Waals surface area contributed by atoms with Gasteiger partial charge in [0, 0.05) is 0 Å². The van der Waals surface area contributed by atoms with Crippen LogP contribution in [0.4, 0.5) is 0 Å². The fourth-order valence-electron chi connectivity index (χ4n) is 0. The van der Waals surface area contributed by atoms with Gasteiger partial charge in [0.1, 0.15) is 0 Å². The molecular formula is H15Cl45Na30. The molecular weight excluding hydrogens is 2290 g/mol. The molecule has 0 saturated heterocycles. The van der Waals surface area contributed by atoms with Crippen molar-refractivity contribution in [3.05, 3.63) is 0 Å². The van der Waals surface area contributed by atoms with Gasteiger partial charge in [0.15, 0.2) is 0 Å². The average molecular weight is 2300 g/mol. The number of rotatable bonds is 0. The summed E-state index contributed by atoms with van der Waals surface area (Å²) in [5.74, 6) is 0. The molecule has 0 aromatic rings. The second-order valence-electron chi connectivity index (χ2n) is 0. The van der Waals surface area contributed by atoms with E-state index in [2.05, 4.69) is 0 Å². The summed E-state index contributed by atoms with van der Waals surface area (Å²) in [6.45, 7) is 0. The van der Waals surface area contributed by atoms with E-state index in [1.165, 1.54) is 0 Å². The van der Waals surface area contributed by atoms with E-state index in [0.29, 0.717) is 0 Å². The summed E-state index contributed by atoms with van der Waals surface area (Å²) < 4.78 is 0. The van der Waals surface area contributed by atoms with Crippen LogP contribution in [-0.2, 0) is 0 Å². The summed E-state index contributed by atoms with van der Waals surface area (Å²) in [6.07, 6.45) is 0. The first kappa shape index (κ1) is 873. The van der Waals surface area contributed by atoms with Gasteiger partial charge in [-0.05, 0) is 0 Å². The maximum absolute atomic E-state index is 0. The minimum absolute atomic E-state index is 0. The van der Waals surface area contributed by atoms with E-state index in [4.69, 9.17) is 0 Å². The van der Waals surface area contributed by atoms with Gasteiger partial charge in [0.05, 0.1) is 0 Å². The second kappa shape index (κ2) is 851. The molecule has 0 aromatic carbocycles. The average Bonchev–Trinajstić information content (AvgIpc) is 0. The summed E-state index contributed by atoms with van der Waals surface area (Å²) in [7, 11) is 0. The molecule has 0 rings (SSSR count). The number of hydrogen-bond donors (Lipinski definition) is 0. The summed E-state index contributed by atoms with van der Waals surface area (Å²) >= 11 is 0. The smallest absolute Gasteiger partial charge is 1.00 e. The third kappa shape index (κ3) is 836. The van der Waals surface area contributed by atoms with Crippen LogP contribution in [0.25, 0.3) is 0 Å². The Morgan fingerprint density at radius 3 is 0.0400 bits per heavy atom. The summed E-state index contributed by atoms with van der Waals surface area (Å²) in [4.78, 5) is 0. The predicted molar refractivity (Wildman–Crippen MR) is 109 cm³/mol. The van der Waals surface area contributed by atoms with Crippen LogP contribution in [0.1, 0.15) is 0 Å². The molecule has 0 aliphatic heterocycles. The van der Waals surface area contributed by atoms with Crippen molar-refractivity contribution in [3.63, 3.8) is 0 Å². The zero-order chi connectivity index (χ0) is 0. The van der Waals surface area contributed by atoms with Crippen LogP contribution in [-0.4, -0.2) is 0 Å². The molecule has 0 bridgehead atoms. The van der Waals surface area contributed by atoms with Crippen molar-refractivity contribution in [3.8, 4) is 0 Å². The van der Waals surface area contributed by atoms with Gasteiger partial charge in [-0.25, -0.2) is 0 Å². The maximum Gasteiger partial charge on any atom is 1.00 e. The minimum Gasteiger partial charge on any atom is -1.00 e. The van der Waals surface area contributed by atoms with Crippen molar-refractivity contribution in [2.45, 2.75) is 0 Å². The van der Waals surface area contributed by atoms with Gasteiger partial charge >= 0.3 is 887 Å². The van der Waals surface area contributed by atoms with Gasteiger partial charge < -0.3 is 372 Å². The molecule has 0 atom stereocenters. The molecule has 0 spiro atoms. The van der Waals surface area contributed by atoms with Crippen LogP contribution in [0.15, 0.2) is 0 Å². The Balaban J connectivity index is 0. The number of hydrogen-bond acceptors (Lipinski definition) is 0. The molecule has 0 heterocycles. The molecule has 0 nitrogen and oxygen atoms in total. The third-order valence-corrected chi connectivity index (χ3v) is 0. The monoisotopic (exact) mass is 2280 g/mol.